The maximum absolute atomic E-state index is 11.7. The molecule has 8 nitrogen and oxygen atoms in total. The highest BCUT2D eigenvalue weighted by Crippen LogP contribution is 2.00. The van der Waals surface area contributed by atoms with E-state index in [2.05, 4.69) is 25.5 Å². The summed E-state index contributed by atoms with van der Waals surface area (Å²) in [4.78, 5) is 29.4. The van der Waals surface area contributed by atoms with Crippen LogP contribution in [-0.4, -0.2) is 43.2 Å². The van der Waals surface area contributed by atoms with Gasteiger partial charge in [-0.2, -0.15) is 5.10 Å². The van der Waals surface area contributed by atoms with Gasteiger partial charge in [0.2, 0.25) is 5.91 Å². The third-order valence-electron chi connectivity index (χ3n) is 2.52. The first-order valence-corrected chi connectivity index (χ1v) is 5.63. The lowest BCUT2D eigenvalue weighted by Gasteiger charge is -2.13. The summed E-state index contributed by atoms with van der Waals surface area (Å²) in [5.41, 5.74) is 1.28. The zero-order valence-corrected chi connectivity index (χ0v) is 9.96. The van der Waals surface area contributed by atoms with Crippen molar-refractivity contribution in [1.82, 2.24) is 25.5 Å². The molecule has 0 fully saturated rings. The van der Waals surface area contributed by atoms with E-state index in [1.54, 1.807) is 6.07 Å². The lowest BCUT2D eigenvalue weighted by atomic mass is 10.1. The SMILES string of the molecule is O=C(Cc1ccn[nH]1)N[C@@H](Cc1cnc[nH]1)C(=O)O. The standard InChI is InChI=1S/C11H13N5O3/c17-10(4-7-1-2-14-16-7)15-9(11(18)19)3-8-5-12-6-13-8/h1-2,5-6,9H,3-4H2,(H,12,13)(H,14,16)(H,15,17)(H,18,19)/t9-/m0/s1. The highest BCUT2D eigenvalue weighted by Gasteiger charge is 2.21. The average Bonchev–Trinajstić information content (AvgIpc) is 3.00. The Balaban J connectivity index is 1.93. The van der Waals surface area contributed by atoms with Crippen molar-refractivity contribution in [3.05, 3.63) is 36.2 Å². The smallest absolute Gasteiger partial charge is 0.326 e. The molecule has 2 heterocycles. The summed E-state index contributed by atoms with van der Waals surface area (Å²) in [5, 5.41) is 17.9. The Morgan fingerprint density at radius 2 is 2.26 bits per heavy atom. The van der Waals surface area contributed by atoms with E-state index in [4.69, 9.17) is 5.11 Å². The number of hydrogen-bond donors (Lipinski definition) is 4. The summed E-state index contributed by atoms with van der Waals surface area (Å²) < 4.78 is 0. The van der Waals surface area contributed by atoms with Crippen LogP contribution in [0.25, 0.3) is 0 Å². The van der Waals surface area contributed by atoms with Crippen molar-refractivity contribution < 1.29 is 14.7 Å². The van der Waals surface area contributed by atoms with Crippen LogP contribution in [-0.2, 0) is 22.4 Å². The third-order valence-corrected chi connectivity index (χ3v) is 2.52. The number of nitrogens with one attached hydrogen (secondary N) is 3. The van der Waals surface area contributed by atoms with Crippen molar-refractivity contribution in [3.8, 4) is 0 Å². The number of amides is 1. The van der Waals surface area contributed by atoms with Crippen LogP contribution < -0.4 is 5.32 Å². The van der Waals surface area contributed by atoms with Gasteiger partial charge in [-0.3, -0.25) is 9.89 Å². The minimum atomic E-state index is -1.09. The van der Waals surface area contributed by atoms with Crippen LogP contribution in [0.3, 0.4) is 0 Å². The van der Waals surface area contributed by atoms with Gasteiger partial charge in [0.15, 0.2) is 0 Å². The van der Waals surface area contributed by atoms with E-state index in [9.17, 15) is 9.59 Å². The molecule has 0 aliphatic rings. The van der Waals surface area contributed by atoms with E-state index < -0.39 is 12.0 Å². The van der Waals surface area contributed by atoms with Gasteiger partial charge >= 0.3 is 5.97 Å². The van der Waals surface area contributed by atoms with Crippen molar-refractivity contribution in [2.24, 2.45) is 0 Å². The van der Waals surface area contributed by atoms with Crippen LogP contribution in [0.1, 0.15) is 11.4 Å². The molecule has 0 saturated heterocycles. The maximum atomic E-state index is 11.7. The molecule has 0 radical (unpaired) electrons. The molecule has 0 spiro atoms. The summed E-state index contributed by atoms with van der Waals surface area (Å²) in [5.74, 6) is -1.47. The highest BCUT2D eigenvalue weighted by atomic mass is 16.4. The number of aromatic amines is 2. The number of H-pyrrole nitrogens is 2. The number of carboxylic acid groups (broad SMARTS) is 1. The van der Waals surface area contributed by atoms with Crippen LogP contribution in [0.4, 0.5) is 0 Å². The van der Waals surface area contributed by atoms with Crippen LogP contribution in [0, 0.1) is 0 Å². The second kappa shape index (κ2) is 5.80. The van der Waals surface area contributed by atoms with Gasteiger partial charge in [-0.25, -0.2) is 9.78 Å². The molecule has 0 aliphatic carbocycles. The molecule has 4 N–H and O–H groups in total. The molecule has 2 aromatic rings. The molecule has 1 amide bonds. The Morgan fingerprint density at radius 1 is 1.42 bits per heavy atom. The van der Waals surface area contributed by atoms with Crippen molar-refractivity contribution in [3.63, 3.8) is 0 Å². The van der Waals surface area contributed by atoms with Gasteiger partial charge in [0, 0.05) is 30.2 Å². The maximum Gasteiger partial charge on any atom is 0.326 e. The molecule has 0 unspecified atom stereocenters. The fourth-order valence-electron chi connectivity index (χ4n) is 1.62. The summed E-state index contributed by atoms with van der Waals surface area (Å²) >= 11 is 0. The number of hydrogen-bond acceptors (Lipinski definition) is 4. The summed E-state index contributed by atoms with van der Waals surface area (Å²) in [6, 6.07) is 0.667. The second-order valence-electron chi connectivity index (χ2n) is 4.00. The van der Waals surface area contributed by atoms with Gasteiger partial charge in [-0.05, 0) is 6.07 Å². The highest BCUT2D eigenvalue weighted by molar-refractivity contribution is 5.84. The second-order valence-corrected chi connectivity index (χ2v) is 4.00. The Kier molecular flexibility index (Phi) is 3.91. The minimum absolute atomic E-state index is 0.0623. The fraction of sp³-hybridized carbons (Fsp3) is 0.273. The predicted octanol–water partition coefficient (Wildman–Crippen LogP) is -0.513. The van der Waals surface area contributed by atoms with Crippen LogP contribution in [0.2, 0.25) is 0 Å². The van der Waals surface area contributed by atoms with E-state index in [1.807, 2.05) is 0 Å². The number of aromatic nitrogens is 4. The molecule has 2 rings (SSSR count). The third kappa shape index (κ3) is 3.66. The summed E-state index contributed by atoms with van der Waals surface area (Å²) in [6.45, 7) is 0. The van der Waals surface area contributed by atoms with E-state index in [0.717, 1.165) is 0 Å². The molecule has 1 atom stereocenters. The topological polar surface area (TPSA) is 124 Å². The first-order valence-electron chi connectivity index (χ1n) is 5.63. The Bertz CT molecular complexity index is 535. The molecule has 0 saturated carbocycles. The molecule has 0 aliphatic heterocycles. The van der Waals surface area contributed by atoms with Crippen molar-refractivity contribution in [2.75, 3.05) is 0 Å². The summed E-state index contributed by atoms with van der Waals surface area (Å²) in [6.07, 6.45) is 4.73. The zero-order chi connectivity index (χ0) is 13.7. The monoisotopic (exact) mass is 263 g/mol. The molecule has 0 aromatic carbocycles. The first-order chi connectivity index (χ1) is 9.15. The molecule has 0 bridgehead atoms. The number of carbonyl (C=O) groups excluding carboxylic acids is 1. The number of carboxylic acids is 1. The van der Waals surface area contributed by atoms with Gasteiger partial charge < -0.3 is 15.4 Å². The van der Waals surface area contributed by atoms with E-state index >= 15 is 0 Å². The van der Waals surface area contributed by atoms with Gasteiger partial charge in [-0.15, -0.1) is 0 Å². The Morgan fingerprint density at radius 3 is 2.84 bits per heavy atom. The van der Waals surface area contributed by atoms with Crippen LogP contribution in [0.5, 0.6) is 0 Å². The van der Waals surface area contributed by atoms with E-state index in [0.29, 0.717) is 11.4 Å². The van der Waals surface area contributed by atoms with Gasteiger partial charge in [0.1, 0.15) is 6.04 Å². The van der Waals surface area contributed by atoms with Crippen LogP contribution in [0.15, 0.2) is 24.8 Å². The number of aliphatic carboxylic acids is 1. The lowest BCUT2D eigenvalue weighted by molar-refractivity contribution is -0.141. The van der Waals surface area contributed by atoms with Crippen LogP contribution >= 0.6 is 0 Å². The molecular formula is C11H13N5O3. The van der Waals surface area contributed by atoms with E-state index in [-0.39, 0.29) is 18.7 Å². The Labute approximate surface area is 108 Å². The van der Waals surface area contributed by atoms with Gasteiger partial charge in [-0.1, -0.05) is 0 Å². The summed E-state index contributed by atoms with van der Waals surface area (Å²) in [7, 11) is 0. The van der Waals surface area contributed by atoms with Crippen molar-refractivity contribution in [1.29, 1.82) is 0 Å². The van der Waals surface area contributed by atoms with E-state index in [1.165, 1.54) is 18.7 Å². The number of rotatable bonds is 6. The predicted molar refractivity (Wildman–Crippen MR) is 64.1 cm³/mol. The minimum Gasteiger partial charge on any atom is -0.480 e. The quantitative estimate of drug-likeness (QED) is 0.558. The normalized spacial score (nSPS) is 12.0. The Hall–Kier alpha value is -2.64. The molecule has 19 heavy (non-hydrogen) atoms. The average molecular weight is 263 g/mol. The number of imidazole rings is 1. The molecule has 2 aromatic heterocycles. The molecular weight excluding hydrogens is 250 g/mol. The number of nitrogens with zero attached hydrogens (tertiary/aromatic N) is 2. The van der Waals surface area contributed by atoms with Crippen molar-refractivity contribution >= 4 is 11.9 Å². The first kappa shape index (κ1) is 12.8. The zero-order valence-electron chi connectivity index (χ0n) is 9.96. The largest absolute Gasteiger partial charge is 0.480 e. The number of carbonyl (C=O) groups is 2. The molecule has 100 valence electrons. The van der Waals surface area contributed by atoms with Crippen molar-refractivity contribution in [2.45, 2.75) is 18.9 Å². The molecule has 8 heteroatoms. The fourth-order valence-corrected chi connectivity index (χ4v) is 1.62. The van der Waals surface area contributed by atoms with Gasteiger partial charge in [0.05, 0.1) is 12.7 Å². The lowest BCUT2D eigenvalue weighted by Crippen LogP contribution is -2.43. The van der Waals surface area contributed by atoms with Gasteiger partial charge in [0.25, 0.3) is 0 Å².